The van der Waals surface area contributed by atoms with E-state index in [1.54, 1.807) is 0 Å². The summed E-state index contributed by atoms with van der Waals surface area (Å²) in [6, 6.07) is 0. The van der Waals surface area contributed by atoms with Gasteiger partial charge in [0.2, 0.25) is 0 Å². The molecule has 19 heteroatoms. The highest BCUT2D eigenvalue weighted by Gasteiger charge is 2.30. The Labute approximate surface area is 638 Å². The van der Waals surface area contributed by atoms with Crippen LogP contribution in [-0.2, 0) is 65.4 Å². The van der Waals surface area contributed by atoms with E-state index in [1.807, 2.05) is 0 Å². The molecule has 0 aromatic carbocycles. The van der Waals surface area contributed by atoms with Crippen LogP contribution >= 0.6 is 15.6 Å². The Morgan fingerprint density at radius 3 is 0.731 bits per heavy atom. The molecule has 0 fully saturated rings. The lowest BCUT2D eigenvalue weighted by molar-refractivity contribution is -0.161. The van der Waals surface area contributed by atoms with Crippen molar-refractivity contribution in [3.05, 3.63) is 0 Å². The van der Waals surface area contributed by atoms with E-state index < -0.39 is 97.5 Å². The van der Waals surface area contributed by atoms with Gasteiger partial charge in [-0.15, -0.1) is 0 Å². The summed E-state index contributed by atoms with van der Waals surface area (Å²) in [5, 5.41) is 10.7. The molecule has 0 aromatic heterocycles. The molecule has 4 unspecified atom stereocenters. The summed E-state index contributed by atoms with van der Waals surface area (Å²) in [5.74, 6) is 0.400. The van der Waals surface area contributed by atoms with Gasteiger partial charge >= 0.3 is 39.5 Å². The molecule has 0 saturated carbocycles. The van der Waals surface area contributed by atoms with Crippen molar-refractivity contribution in [2.24, 2.45) is 17.8 Å². The minimum absolute atomic E-state index is 0.107. The first-order valence-electron chi connectivity index (χ1n) is 43.9. The molecule has 0 amide bonds. The van der Waals surface area contributed by atoms with Gasteiger partial charge in [-0.1, -0.05) is 395 Å². The van der Waals surface area contributed by atoms with Gasteiger partial charge in [-0.05, 0) is 43.4 Å². The second-order valence-corrected chi connectivity index (χ2v) is 34.4. The van der Waals surface area contributed by atoms with E-state index in [0.717, 1.165) is 114 Å². The summed E-state index contributed by atoms with van der Waals surface area (Å²) < 4.78 is 68.8. The van der Waals surface area contributed by atoms with Crippen LogP contribution in [-0.4, -0.2) is 96.7 Å². The van der Waals surface area contributed by atoms with Crippen LogP contribution in [0.25, 0.3) is 0 Å². The molecule has 0 bridgehead atoms. The van der Waals surface area contributed by atoms with Crippen molar-refractivity contribution in [2.75, 3.05) is 39.6 Å². The number of aliphatic hydroxyl groups excluding tert-OH is 1. The average Bonchev–Trinajstić information content (AvgIpc) is 0.905. The van der Waals surface area contributed by atoms with Crippen LogP contribution in [0.2, 0.25) is 0 Å². The van der Waals surface area contributed by atoms with E-state index in [2.05, 4.69) is 48.5 Å². The summed E-state index contributed by atoms with van der Waals surface area (Å²) in [6.45, 7) is 12.1. The molecular formula is C85H166O17P2. The van der Waals surface area contributed by atoms with E-state index in [-0.39, 0.29) is 25.7 Å². The lowest BCUT2D eigenvalue weighted by atomic mass is 9.99. The van der Waals surface area contributed by atoms with Gasteiger partial charge < -0.3 is 33.8 Å². The summed E-state index contributed by atoms with van der Waals surface area (Å²) in [6.07, 6.45) is 65.2. The number of phosphoric ester groups is 2. The van der Waals surface area contributed by atoms with Crippen molar-refractivity contribution in [3.63, 3.8) is 0 Å². The third kappa shape index (κ3) is 75.5. The minimum atomic E-state index is -4.96. The smallest absolute Gasteiger partial charge is 0.462 e. The van der Waals surface area contributed by atoms with Gasteiger partial charge in [0.1, 0.15) is 19.3 Å². The van der Waals surface area contributed by atoms with Gasteiger partial charge in [0.15, 0.2) is 12.2 Å². The Kier molecular flexibility index (Phi) is 73.7. The van der Waals surface area contributed by atoms with Gasteiger partial charge in [0.25, 0.3) is 0 Å². The zero-order valence-corrected chi connectivity index (χ0v) is 70.3. The largest absolute Gasteiger partial charge is 0.472 e. The Hall–Kier alpha value is -1.94. The van der Waals surface area contributed by atoms with Crippen LogP contribution in [0.15, 0.2) is 0 Å². The molecule has 0 rings (SSSR count). The molecule has 7 atom stereocenters. The second kappa shape index (κ2) is 75.1. The van der Waals surface area contributed by atoms with Gasteiger partial charge in [-0.2, -0.15) is 0 Å². The number of hydrogen-bond donors (Lipinski definition) is 3. The lowest BCUT2D eigenvalue weighted by Crippen LogP contribution is -2.30. The van der Waals surface area contributed by atoms with E-state index in [1.165, 1.54) is 250 Å². The van der Waals surface area contributed by atoms with Gasteiger partial charge in [-0.3, -0.25) is 37.3 Å². The van der Waals surface area contributed by atoms with Crippen LogP contribution in [0.5, 0.6) is 0 Å². The SMILES string of the molecule is CCCCCCCCCCC(=O)OC[C@H](COP(=O)(O)OC[C@H](O)COP(=O)(O)OC[C@@H](COC(=O)CCCCCCCCCCCCCCCCC(C)CC)OC(=O)CCCCCCCCCCCCCCCCCCCCC(C)CC)OC(=O)CCCCCCCCCCCCCCCC(C)C. The maximum atomic E-state index is 13.1. The van der Waals surface area contributed by atoms with Crippen molar-refractivity contribution in [3.8, 4) is 0 Å². The standard InChI is InChI=1S/C85H166O17P2/c1-8-11-12-13-14-45-52-59-66-82(87)95-72-80(101-84(89)69-62-55-48-41-35-29-23-24-30-36-42-49-56-63-76(4)5)74-99-103(91,92)97-70-79(86)71-98-104(93,94)100-75-81(73-96-83(88)67-60-53-46-39-33-27-22-21-26-32-38-44-51-58-65-78(7)10-3)102-85(90)68-61-54-47-40-34-28-20-18-16-15-17-19-25-31-37-43-50-57-64-77(6)9-2/h76-81,86H,8-75H2,1-7H3,(H,91,92)(H,93,94)/t77?,78?,79-,80+,81+/m0/s1. The number of esters is 4. The second-order valence-electron chi connectivity index (χ2n) is 31.5. The molecule has 104 heavy (non-hydrogen) atoms. The topological polar surface area (TPSA) is 237 Å². The monoisotopic (exact) mass is 1520 g/mol. The van der Waals surface area contributed by atoms with Gasteiger partial charge in [-0.25, -0.2) is 9.13 Å². The van der Waals surface area contributed by atoms with Crippen LogP contribution in [0.1, 0.15) is 447 Å². The Morgan fingerprint density at radius 1 is 0.279 bits per heavy atom. The third-order valence-corrected chi connectivity index (χ3v) is 22.5. The Balaban J connectivity index is 5.19. The quantitative estimate of drug-likeness (QED) is 0.0222. The average molecular weight is 1520 g/mol. The van der Waals surface area contributed by atoms with E-state index in [0.29, 0.717) is 25.7 Å². The number of phosphoric acid groups is 2. The first-order valence-corrected chi connectivity index (χ1v) is 46.9. The molecule has 0 aliphatic heterocycles. The number of aliphatic hydroxyl groups is 1. The predicted octanol–water partition coefficient (Wildman–Crippen LogP) is 25.7. The lowest BCUT2D eigenvalue weighted by Gasteiger charge is -2.21. The van der Waals surface area contributed by atoms with E-state index in [9.17, 15) is 43.2 Å². The van der Waals surface area contributed by atoms with Crippen molar-refractivity contribution in [2.45, 2.75) is 465 Å². The maximum Gasteiger partial charge on any atom is 0.472 e. The summed E-state index contributed by atoms with van der Waals surface area (Å²) in [4.78, 5) is 73.1. The van der Waals surface area contributed by atoms with Crippen molar-refractivity contribution >= 4 is 39.5 Å². The normalized spacial score (nSPS) is 14.4. The molecule has 0 heterocycles. The summed E-state index contributed by atoms with van der Waals surface area (Å²) in [7, 11) is -9.92. The highest BCUT2D eigenvalue weighted by atomic mass is 31.2. The van der Waals surface area contributed by atoms with Crippen LogP contribution in [0, 0.1) is 17.8 Å². The van der Waals surface area contributed by atoms with Crippen LogP contribution < -0.4 is 0 Å². The maximum absolute atomic E-state index is 13.1. The molecule has 0 aliphatic rings. The van der Waals surface area contributed by atoms with Crippen molar-refractivity contribution in [1.29, 1.82) is 0 Å². The molecule has 618 valence electrons. The van der Waals surface area contributed by atoms with Crippen LogP contribution in [0.3, 0.4) is 0 Å². The highest BCUT2D eigenvalue weighted by molar-refractivity contribution is 7.47. The highest BCUT2D eigenvalue weighted by Crippen LogP contribution is 2.45. The Bertz CT molecular complexity index is 2010. The molecular weight excluding hydrogens is 1350 g/mol. The third-order valence-electron chi connectivity index (χ3n) is 20.6. The minimum Gasteiger partial charge on any atom is -0.462 e. The fourth-order valence-electron chi connectivity index (χ4n) is 13.1. The van der Waals surface area contributed by atoms with Crippen molar-refractivity contribution in [1.82, 2.24) is 0 Å². The first kappa shape index (κ1) is 102. The van der Waals surface area contributed by atoms with E-state index in [4.69, 9.17) is 37.0 Å². The van der Waals surface area contributed by atoms with Crippen molar-refractivity contribution < 1.29 is 80.2 Å². The fraction of sp³-hybridized carbons (Fsp3) is 0.953. The summed E-state index contributed by atoms with van der Waals surface area (Å²) in [5.41, 5.74) is 0. The number of ether oxygens (including phenoxy) is 4. The predicted molar refractivity (Wildman–Crippen MR) is 428 cm³/mol. The molecule has 0 saturated heterocycles. The molecule has 17 nitrogen and oxygen atoms in total. The van der Waals surface area contributed by atoms with Crippen LogP contribution in [0.4, 0.5) is 0 Å². The van der Waals surface area contributed by atoms with Gasteiger partial charge in [0, 0.05) is 25.7 Å². The zero-order valence-electron chi connectivity index (χ0n) is 68.5. The molecule has 0 radical (unpaired) electrons. The molecule has 0 aromatic rings. The number of rotatable bonds is 83. The number of carbonyl (C=O) groups excluding carboxylic acids is 4. The fourth-order valence-corrected chi connectivity index (χ4v) is 14.7. The van der Waals surface area contributed by atoms with Gasteiger partial charge in [0.05, 0.1) is 26.4 Å². The van der Waals surface area contributed by atoms with E-state index >= 15 is 0 Å². The molecule has 3 N–H and O–H groups in total. The first-order chi connectivity index (χ1) is 50.3. The summed E-state index contributed by atoms with van der Waals surface area (Å²) >= 11 is 0. The number of hydrogen-bond acceptors (Lipinski definition) is 15. The number of unbranched alkanes of at least 4 members (excludes halogenated alkanes) is 49. The molecule has 0 aliphatic carbocycles. The Morgan fingerprint density at radius 2 is 0.490 bits per heavy atom. The zero-order chi connectivity index (χ0) is 76.5. The number of carbonyl (C=O) groups is 4. The molecule has 0 spiro atoms.